The maximum absolute atomic E-state index is 5.87. The van der Waals surface area contributed by atoms with Crippen LogP contribution in [-0.4, -0.2) is 42.7 Å². The summed E-state index contributed by atoms with van der Waals surface area (Å²) in [6.07, 6.45) is 0. The SMILES string of the molecule is CC(C)C1CN(CCOc2ccc(Br)cc2)C(C)(C)CN1. The van der Waals surface area contributed by atoms with Gasteiger partial charge >= 0.3 is 0 Å². The summed E-state index contributed by atoms with van der Waals surface area (Å²) in [6.45, 7) is 13.0. The van der Waals surface area contributed by atoms with Crippen molar-refractivity contribution in [2.75, 3.05) is 26.2 Å². The number of hydrogen-bond acceptors (Lipinski definition) is 3. The molecule has 0 spiro atoms. The van der Waals surface area contributed by atoms with Crippen molar-refractivity contribution >= 4 is 15.9 Å². The fraction of sp³-hybridized carbons (Fsp3) is 0.647. The number of hydrogen-bond donors (Lipinski definition) is 1. The average molecular weight is 355 g/mol. The molecule has 1 unspecified atom stereocenters. The number of halogens is 1. The molecule has 2 rings (SSSR count). The van der Waals surface area contributed by atoms with Crippen molar-refractivity contribution in [2.24, 2.45) is 5.92 Å². The molecule has 1 fully saturated rings. The van der Waals surface area contributed by atoms with E-state index in [9.17, 15) is 0 Å². The topological polar surface area (TPSA) is 24.5 Å². The molecule has 21 heavy (non-hydrogen) atoms. The third kappa shape index (κ3) is 4.70. The van der Waals surface area contributed by atoms with Crippen molar-refractivity contribution in [3.05, 3.63) is 28.7 Å². The predicted molar refractivity (Wildman–Crippen MR) is 91.9 cm³/mol. The molecule has 1 saturated heterocycles. The van der Waals surface area contributed by atoms with Gasteiger partial charge in [-0.25, -0.2) is 0 Å². The number of ether oxygens (including phenoxy) is 1. The first-order valence-corrected chi connectivity index (χ1v) is 8.54. The van der Waals surface area contributed by atoms with Crippen LogP contribution in [0.1, 0.15) is 27.7 Å². The molecule has 0 aliphatic carbocycles. The van der Waals surface area contributed by atoms with Gasteiger partial charge in [0.05, 0.1) is 0 Å². The molecular weight excluding hydrogens is 328 g/mol. The zero-order valence-electron chi connectivity index (χ0n) is 13.5. The molecule has 1 N–H and O–H groups in total. The van der Waals surface area contributed by atoms with Gasteiger partial charge in [-0.3, -0.25) is 4.90 Å². The van der Waals surface area contributed by atoms with Crippen LogP contribution in [0.4, 0.5) is 0 Å². The Morgan fingerprint density at radius 2 is 2.00 bits per heavy atom. The fourth-order valence-electron chi connectivity index (χ4n) is 2.69. The first-order chi connectivity index (χ1) is 9.88. The number of benzene rings is 1. The van der Waals surface area contributed by atoms with Gasteiger partial charge in [0.2, 0.25) is 0 Å². The summed E-state index contributed by atoms with van der Waals surface area (Å²) < 4.78 is 6.95. The van der Waals surface area contributed by atoms with Gasteiger partial charge in [-0.2, -0.15) is 0 Å². The van der Waals surface area contributed by atoms with Crippen LogP contribution in [-0.2, 0) is 0 Å². The van der Waals surface area contributed by atoms with Crippen molar-refractivity contribution in [1.82, 2.24) is 10.2 Å². The molecule has 1 aromatic rings. The lowest BCUT2D eigenvalue weighted by atomic mass is 9.93. The zero-order valence-corrected chi connectivity index (χ0v) is 15.1. The minimum Gasteiger partial charge on any atom is -0.492 e. The Morgan fingerprint density at radius 3 is 2.62 bits per heavy atom. The van der Waals surface area contributed by atoms with Gasteiger partial charge in [0, 0.05) is 35.7 Å². The molecule has 0 bridgehead atoms. The van der Waals surface area contributed by atoms with E-state index in [2.05, 4.69) is 53.8 Å². The summed E-state index contributed by atoms with van der Waals surface area (Å²) in [5.74, 6) is 1.60. The second kappa shape index (κ2) is 7.12. The standard InChI is InChI=1S/C17H27BrN2O/c1-13(2)16-11-20(17(3,4)12-19-16)9-10-21-15-7-5-14(18)6-8-15/h5-8,13,16,19H,9-12H2,1-4H3. The molecule has 0 radical (unpaired) electrons. The third-order valence-electron chi connectivity index (χ3n) is 4.32. The van der Waals surface area contributed by atoms with E-state index in [1.54, 1.807) is 0 Å². The quantitative estimate of drug-likeness (QED) is 0.875. The van der Waals surface area contributed by atoms with E-state index >= 15 is 0 Å². The maximum Gasteiger partial charge on any atom is 0.119 e. The van der Waals surface area contributed by atoms with Gasteiger partial charge in [0.15, 0.2) is 0 Å². The average Bonchev–Trinajstić information content (AvgIpc) is 2.42. The molecule has 4 heteroatoms. The van der Waals surface area contributed by atoms with Gasteiger partial charge < -0.3 is 10.1 Å². The molecule has 1 aliphatic rings. The summed E-state index contributed by atoms with van der Waals surface area (Å²) in [4.78, 5) is 2.55. The van der Waals surface area contributed by atoms with Crippen LogP contribution >= 0.6 is 15.9 Å². The van der Waals surface area contributed by atoms with Crippen LogP contribution in [0, 0.1) is 5.92 Å². The lowest BCUT2D eigenvalue weighted by Crippen LogP contribution is -2.63. The van der Waals surface area contributed by atoms with E-state index in [4.69, 9.17) is 4.74 Å². The lowest BCUT2D eigenvalue weighted by molar-refractivity contribution is 0.0429. The highest BCUT2D eigenvalue weighted by molar-refractivity contribution is 9.10. The highest BCUT2D eigenvalue weighted by Gasteiger charge is 2.34. The van der Waals surface area contributed by atoms with Crippen molar-refractivity contribution in [3.63, 3.8) is 0 Å². The molecule has 1 atom stereocenters. The van der Waals surface area contributed by atoms with Gasteiger partial charge in [0.25, 0.3) is 0 Å². The van der Waals surface area contributed by atoms with Crippen LogP contribution in [0.3, 0.4) is 0 Å². The predicted octanol–water partition coefficient (Wildman–Crippen LogP) is 3.54. The van der Waals surface area contributed by atoms with Crippen molar-refractivity contribution in [2.45, 2.75) is 39.3 Å². The second-order valence-corrected chi connectivity index (χ2v) is 7.71. The number of nitrogens with zero attached hydrogens (tertiary/aromatic N) is 1. The monoisotopic (exact) mass is 354 g/mol. The number of nitrogens with one attached hydrogen (secondary N) is 1. The van der Waals surface area contributed by atoms with E-state index < -0.39 is 0 Å². The molecule has 0 saturated carbocycles. The van der Waals surface area contributed by atoms with Crippen LogP contribution < -0.4 is 10.1 Å². The summed E-state index contributed by atoms with van der Waals surface area (Å²) in [7, 11) is 0. The Bertz CT molecular complexity index is 445. The molecule has 0 aromatic heterocycles. The van der Waals surface area contributed by atoms with Crippen LogP contribution in [0.2, 0.25) is 0 Å². The highest BCUT2D eigenvalue weighted by atomic mass is 79.9. The molecule has 0 amide bonds. The molecule has 118 valence electrons. The summed E-state index contributed by atoms with van der Waals surface area (Å²) in [5.41, 5.74) is 0.189. The molecule has 3 nitrogen and oxygen atoms in total. The van der Waals surface area contributed by atoms with E-state index in [0.717, 1.165) is 36.5 Å². The maximum atomic E-state index is 5.87. The minimum atomic E-state index is 0.189. The van der Waals surface area contributed by atoms with Crippen molar-refractivity contribution in [3.8, 4) is 5.75 Å². The van der Waals surface area contributed by atoms with Gasteiger partial charge in [-0.1, -0.05) is 29.8 Å². The van der Waals surface area contributed by atoms with Gasteiger partial charge in [-0.15, -0.1) is 0 Å². The van der Waals surface area contributed by atoms with E-state index in [1.165, 1.54) is 0 Å². The smallest absolute Gasteiger partial charge is 0.119 e. The highest BCUT2D eigenvalue weighted by Crippen LogP contribution is 2.21. The molecule has 1 heterocycles. The normalized spacial score (nSPS) is 22.5. The van der Waals surface area contributed by atoms with E-state index in [-0.39, 0.29) is 5.54 Å². The zero-order chi connectivity index (χ0) is 15.5. The fourth-order valence-corrected chi connectivity index (χ4v) is 2.95. The van der Waals surface area contributed by atoms with Crippen molar-refractivity contribution < 1.29 is 4.74 Å². The Kier molecular flexibility index (Phi) is 5.69. The minimum absolute atomic E-state index is 0.189. The van der Waals surface area contributed by atoms with Crippen LogP contribution in [0.15, 0.2) is 28.7 Å². The van der Waals surface area contributed by atoms with E-state index in [1.807, 2.05) is 24.3 Å². The third-order valence-corrected chi connectivity index (χ3v) is 4.85. The number of piperazine rings is 1. The van der Waals surface area contributed by atoms with Crippen LogP contribution in [0.5, 0.6) is 5.75 Å². The van der Waals surface area contributed by atoms with Gasteiger partial charge in [-0.05, 0) is 44.0 Å². The van der Waals surface area contributed by atoms with E-state index in [0.29, 0.717) is 12.0 Å². The Labute approximate surface area is 137 Å². The number of rotatable bonds is 5. The molecule has 1 aliphatic heterocycles. The summed E-state index contributed by atoms with van der Waals surface area (Å²) in [6, 6.07) is 8.61. The molecule has 1 aromatic carbocycles. The second-order valence-electron chi connectivity index (χ2n) is 6.79. The largest absolute Gasteiger partial charge is 0.492 e. The summed E-state index contributed by atoms with van der Waals surface area (Å²) >= 11 is 3.44. The Hall–Kier alpha value is -0.580. The first-order valence-electron chi connectivity index (χ1n) is 7.75. The summed E-state index contributed by atoms with van der Waals surface area (Å²) in [5, 5.41) is 3.67. The van der Waals surface area contributed by atoms with Gasteiger partial charge in [0.1, 0.15) is 12.4 Å². The Morgan fingerprint density at radius 1 is 1.33 bits per heavy atom. The van der Waals surface area contributed by atoms with Crippen LogP contribution in [0.25, 0.3) is 0 Å². The molecular formula is C17H27BrN2O. The lowest BCUT2D eigenvalue weighted by Gasteiger charge is -2.47. The Balaban J connectivity index is 1.86. The van der Waals surface area contributed by atoms with Crippen molar-refractivity contribution in [1.29, 1.82) is 0 Å². The first kappa shape index (κ1) is 16.8.